The van der Waals surface area contributed by atoms with Crippen LogP contribution in [-0.4, -0.2) is 248 Å². The summed E-state index contributed by atoms with van der Waals surface area (Å²) in [5.41, 5.74) is -3.67. The largest absolute Gasteiger partial charge is 0.441 e. The molecule has 0 spiro atoms. The van der Waals surface area contributed by atoms with E-state index in [-0.39, 0.29) is 19.3 Å². The number of hydrogen-bond donors (Lipinski definition) is 16. The second-order valence-corrected chi connectivity index (χ2v) is 22.8. The molecule has 0 aromatic heterocycles. The lowest BCUT2D eigenvalue weighted by Crippen LogP contribution is -2.80. The van der Waals surface area contributed by atoms with Crippen LogP contribution in [0.25, 0.3) is 0 Å². The molecule has 498 valence electrons. The van der Waals surface area contributed by atoms with Gasteiger partial charge in [-0.3, -0.25) is 9.53 Å². The van der Waals surface area contributed by atoms with Crippen molar-refractivity contribution in [3.05, 3.63) is 48.6 Å². The van der Waals surface area contributed by atoms with Crippen LogP contribution in [-0.2, 0) is 47.5 Å². The maximum absolute atomic E-state index is 16.3. The van der Waals surface area contributed by atoms with E-state index < -0.39 is 179 Å². The third-order valence-electron chi connectivity index (χ3n) is 16.3. The summed E-state index contributed by atoms with van der Waals surface area (Å²) in [4.78, 5) is 31.1. The van der Waals surface area contributed by atoms with E-state index in [9.17, 15) is 86.5 Å². The van der Waals surface area contributed by atoms with Crippen LogP contribution in [0.3, 0.4) is 0 Å². The summed E-state index contributed by atoms with van der Waals surface area (Å²) in [6, 6.07) is 0. The minimum absolute atomic E-state index is 0.0647. The summed E-state index contributed by atoms with van der Waals surface area (Å²) >= 11 is 0. The normalized spacial score (nSPS) is 35.8. The first-order valence-electron chi connectivity index (χ1n) is 30.8. The van der Waals surface area contributed by atoms with Crippen LogP contribution in [0.1, 0.15) is 162 Å². The molecule has 4 rings (SSSR count). The Balaban J connectivity index is 1.89. The van der Waals surface area contributed by atoms with Crippen LogP contribution >= 0.6 is 0 Å². The number of rotatable bonds is 41. The number of unbranched alkanes of at least 4 members (excludes halogenated alkanes) is 15. The van der Waals surface area contributed by atoms with Gasteiger partial charge in [-0.15, -0.1) is 0 Å². The Morgan fingerprint density at radius 3 is 1.27 bits per heavy atom. The average molecular weight is 1240 g/mol. The standard InChI is InChI=1S/C60H102O26/c1-3-5-7-9-11-13-15-17-19-20-22-24-26-28-30-32-44(67)83-56(33-31-29-27-25-23-21-18-16-14-12-10-8-6-4-2,59(53(76)49(72)45(68)40(34-61)81-59)85-57(38-65)51(74)47(70)42(36-63)79-57)55(78)84-60(54(77)50(73)46(69)41(35-62)82-60)86-58(39-66)52(75)48(71)43(37-64)80-58/h11-14,17-19,21,40-43,45-54,61-66,68-77H,3-10,15-16,20,22-39H2,1-2H3/b13-11+,14-12+,19-17+,21-18+/t40-,41-,42-,43-,45-,46-,47-,48-,49+,50+,51+,52+,53-,54-,56?,57?,58?,59-,60+/m1/s1. The van der Waals surface area contributed by atoms with E-state index in [1.54, 1.807) is 0 Å². The smallest absolute Gasteiger partial charge is 0.362 e. The van der Waals surface area contributed by atoms with Crippen LogP contribution in [0, 0.1) is 0 Å². The fourth-order valence-electron chi connectivity index (χ4n) is 11.1. The molecule has 16 N–H and O–H groups in total. The molecule has 0 aliphatic carbocycles. The molecule has 26 nitrogen and oxygen atoms in total. The van der Waals surface area contributed by atoms with E-state index in [4.69, 9.17) is 37.9 Å². The second kappa shape index (κ2) is 37.4. The molecule has 4 heterocycles. The van der Waals surface area contributed by atoms with Crippen molar-refractivity contribution in [3.8, 4) is 0 Å². The first kappa shape index (κ1) is 75.5. The molecule has 0 radical (unpaired) electrons. The summed E-state index contributed by atoms with van der Waals surface area (Å²) in [5, 5.41) is 179. The summed E-state index contributed by atoms with van der Waals surface area (Å²) in [7, 11) is 0. The fraction of sp³-hybridized carbons (Fsp3) is 0.833. The molecule has 4 saturated heterocycles. The lowest BCUT2D eigenvalue weighted by atomic mass is 9.77. The van der Waals surface area contributed by atoms with E-state index in [1.165, 1.54) is 6.42 Å². The Bertz CT molecular complexity index is 2060. The van der Waals surface area contributed by atoms with Gasteiger partial charge in [0.1, 0.15) is 92.6 Å². The van der Waals surface area contributed by atoms with Gasteiger partial charge >= 0.3 is 17.9 Å². The topological polar surface area (TPSA) is 432 Å². The summed E-state index contributed by atoms with van der Waals surface area (Å²) in [6.45, 7) is -3.60. The van der Waals surface area contributed by atoms with Crippen molar-refractivity contribution < 1.29 is 129 Å². The van der Waals surface area contributed by atoms with Gasteiger partial charge in [-0.25, -0.2) is 4.79 Å². The summed E-state index contributed by atoms with van der Waals surface area (Å²) in [6.07, 6.45) is -2.98. The monoisotopic (exact) mass is 1240 g/mol. The first-order chi connectivity index (χ1) is 41.2. The molecule has 4 fully saturated rings. The molecular formula is C60H102O26. The van der Waals surface area contributed by atoms with Crippen LogP contribution in [0.2, 0.25) is 0 Å². The molecule has 0 aromatic rings. The Labute approximate surface area is 503 Å². The van der Waals surface area contributed by atoms with Crippen molar-refractivity contribution >= 4 is 11.9 Å². The maximum atomic E-state index is 16.3. The highest BCUT2D eigenvalue weighted by Crippen LogP contribution is 2.52. The van der Waals surface area contributed by atoms with Crippen molar-refractivity contribution in [3.63, 3.8) is 0 Å². The van der Waals surface area contributed by atoms with Crippen LogP contribution in [0.15, 0.2) is 48.6 Å². The second-order valence-electron chi connectivity index (χ2n) is 22.8. The van der Waals surface area contributed by atoms with Gasteiger partial charge in [-0.05, 0) is 77.0 Å². The van der Waals surface area contributed by atoms with E-state index in [0.29, 0.717) is 38.5 Å². The molecule has 19 atom stereocenters. The highest BCUT2D eigenvalue weighted by molar-refractivity contribution is 5.85. The van der Waals surface area contributed by atoms with Gasteiger partial charge in [0.05, 0.1) is 26.4 Å². The molecular weight excluding hydrogens is 1140 g/mol. The zero-order chi connectivity index (χ0) is 63.6. The zero-order valence-corrected chi connectivity index (χ0v) is 49.9. The summed E-state index contributed by atoms with van der Waals surface area (Å²) in [5.74, 6) is -17.5. The minimum atomic E-state index is -3.88. The van der Waals surface area contributed by atoms with E-state index in [1.807, 2.05) is 12.2 Å². The highest BCUT2D eigenvalue weighted by Gasteiger charge is 2.77. The number of esters is 2. The Morgan fingerprint density at radius 2 is 0.826 bits per heavy atom. The quantitative estimate of drug-likeness (QED) is 0.0166. The molecule has 86 heavy (non-hydrogen) atoms. The predicted octanol–water partition coefficient (Wildman–Crippen LogP) is -0.0176. The van der Waals surface area contributed by atoms with Crippen LogP contribution in [0.4, 0.5) is 0 Å². The van der Waals surface area contributed by atoms with Gasteiger partial charge in [0.2, 0.25) is 11.6 Å². The lowest BCUT2D eigenvalue weighted by molar-refractivity contribution is -0.504. The molecule has 0 aromatic carbocycles. The number of allylic oxidation sites excluding steroid dienone is 8. The van der Waals surface area contributed by atoms with Gasteiger partial charge in [0.25, 0.3) is 11.4 Å². The molecule has 3 unspecified atom stereocenters. The van der Waals surface area contributed by atoms with Gasteiger partial charge in [-0.2, -0.15) is 0 Å². The van der Waals surface area contributed by atoms with Gasteiger partial charge in [0, 0.05) is 12.8 Å². The predicted molar refractivity (Wildman–Crippen MR) is 304 cm³/mol. The van der Waals surface area contributed by atoms with Gasteiger partial charge in [0.15, 0.2) is 6.10 Å². The van der Waals surface area contributed by atoms with Crippen LogP contribution in [0.5, 0.6) is 0 Å². The minimum Gasteiger partial charge on any atom is -0.441 e. The van der Waals surface area contributed by atoms with Crippen molar-refractivity contribution in [1.29, 1.82) is 0 Å². The van der Waals surface area contributed by atoms with Gasteiger partial charge < -0.3 is 115 Å². The highest BCUT2D eigenvalue weighted by atomic mass is 16.9. The molecule has 4 aliphatic heterocycles. The number of carbonyl (C=O) groups excluding carboxylic acids is 2. The fourth-order valence-corrected chi connectivity index (χ4v) is 11.1. The molecule has 0 amide bonds. The van der Waals surface area contributed by atoms with Crippen molar-refractivity contribution in [1.82, 2.24) is 0 Å². The number of aliphatic hydroxyl groups excluding tert-OH is 16. The third-order valence-corrected chi connectivity index (χ3v) is 16.3. The van der Waals surface area contributed by atoms with Crippen molar-refractivity contribution in [2.75, 3.05) is 39.6 Å². The Kier molecular flexibility index (Phi) is 32.8. The molecule has 4 aliphatic rings. The first-order valence-corrected chi connectivity index (χ1v) is 30.8. The zero-order valence-electron chi connectivity index (χ0n) is 49.9. The maximum Gasteiger partial charge on any atom is 0.362 e. The number of hydrogen-bond acceptors (Lipinski definition) is 26. The molecule has 0 bridgehead atoms. The SMILES string of the molecule is CCCCC/C=C/C/C=C/CCCCCCCC(=O)OC(CCCCCC/C=C/C/C=C/CCCCC)(C(=O)O[C@@]1(OC2(CO)O[C@H](CO)[C@@H](O)[C@@H]2O)O[C@H](CO)[C@@H](O)[C@H](O)[C@H]1O)[C@@]1(OC2(CO)O[C@H](CO)[C@@H](O)[C@@H]2O)O[C@H](CO)[C@@H](O)[C@H](O)[C@H]1O. The Hall–Kier alpha value is -2.98. The van der Waals surface area contributed by atoms with E-state index >= 15 is 4.79 Å². The lowest BCUT2D eigenvalue weighted by Gasteiger charge is -2.57. The number of carbonyl (C=O) groups is 2. The van der Waals surface area contributed by atoms with Crippen molar-refractivity contribution in [2.45, 2.75) is 276 Å². The third kappa shape index (κ3) is 18.8. The molecule has 26 heteroatoms. The molecule has 0 saturated carbocycles. The average Bonchev–Trinajstić information content (AvgIpc) is 0.971. The number of aliphatic hydroxyl groups is 16. The van der Waals surface area contributed by atoms with E-state index in [2.05, 4.69) is 50.3 Å². The summed E-state index contributed by atoms with van der Waals surface area (Å²) < 4.78 is 47.6. The Morgan fingerprint density at radius 1 is 0.430 bits per heavy atom. The number of ether oxygens (including phenoxy) is 8. The van der Waals surface area contributed by atoms with Gasteiger partial charge in [-0.1, -0.05) is 120 Å². The van der Waals surface area contributed by atoms with Crippen LogP contribution < -0.4 is 0 Å². The van der Waals surface area contributed by atoms with E-state index in [0.717, 1.165) is 70.6 Å². The van der Waals surface area contributed by atoms with Crippen molar-refractivity contribution in [2.24, 2.45) is 0 Å².